The Morgan fingerprint density at radius 2 is 2.00 bits per heavy atom. The number of carbonyl (C=O) groups is 1. The Balaban J connectivity index is 1.82. The predicted molar refractivity (Wildman–Crippen MR) is 78.0 cm³/mol. The van der Waals surface area contributed by atoms with E-state index in [-0.39, 0.29) is 5.91 Å². The fourth-order valence-electron chi connectivity index (χ4n) is 2.19. The summed E-state index contributed by atoms with van der Waals surface area (Å²) in [7, 11) is 0. The summed E-state index contributed by atoms with van der Waals surface area (Å²) in [5, 5.41) is 15.6. The lowest BCUT2D eigenvalue weighted by Crippen LogP contribution is -2.48. The Bertz CT molecular complexity index is 623. The van der Waals surface area contributed by atoms with Gasteiger partial charge < -0.3 is 5.32 Å². The Morgan fingerprint density at radius 1 is 1.20 bits per heavy atom. The number of hydrogen-bond acceptors (Lipinski definition) is 4. The van der Waals surface area contributed by atoms with Crippen molar-refractivity contribution in [3.05, 3.63) is 64.5 Å². The molecule has 0 saturated carbocycles. The summed E-state index contributed by atoms with van der Waals surface area (Å²) in [6, 6.07) is 13.2. The summed E-state index contributed by atoms with van der Waals surface area (Å²) in [5.41, 5.74) is 1.82. The smallest absolute Gasteiger partial charge is 0.272 e. The van der Waals surface area contributed by atoms with Gasteiger partial charge in [0.05, 0.1) is 16.8 Å². The second-order valence-electron chi connectivity index (χ2n) is 4.59. The number of hydrogen-bond donors (Lipinski definition) is 2. The standard InChI is InChI=1S/C15H14N2O2S/c18-15-12(9-11-5-2-1-3-6-11)16-13(10-17(15)19)14-7-4-8-20-14/h1-8,10,12,16,19H,9H2. The molecule has 102 valence electrons. The van der Waals surface area contributed by atoms with Crippen molar-refractivity contribution in [1.29, 1.82) is 0 Å². The first kappa shape index (κ1) is 12.9. The third-order valence-corrected chi connectivity index (χ3v) is 4.08. The third kappa shape index (κ3) is 2.59. The largest absolute Gasteiger partial charge is 0.371 e. The molecule has 3 rings (SSSR count). The highest BCUT2D eigenvalue weighted by atomic mass is 32.1. The lowest BCUT2D eigenvalue weighted by atomic mass is 10.0. The van der Waals surface area contributed by atoms with Crippen LogP contribution in [0.1, 0.15) is 10.4 Å². The molecule has 0 saturated heterocycles. The van der Waals surface area contributed by atoms with Gasteiger partial charge in [-0.05, 0) is 17.0 Å². The molecule has 2 N–H and O–H groups in total. The highest BCUT2D eigenvalue weighted by molar-refractivity contribution is 7.11. The van der Waals surface area contributed by atoms with Crippen LogP contribution in [-0.2, 0) is 11.2 Å². The summed E-state index contributed by atoms with van der Waals surface area (Å²) in [5.74, 6) is -0.339. The molecule has 0 fully saturated rings. The van der Waals surface area contributed by atoms with Crippen LogP contribution in [0, 0.1) is 0 Å². The van der Waals surface area contributed by atoms with Gasteiger partial charge in [-0.15, -0.1) is 11.3 Å². The van der Waals surface area contributed by atoms with Gasteiger partial charge in [-0.1, -0.05) is 36.4 Å². The molecule has 2 heterocycles. The Hall–Kier alpha value is -2.11. The maximum absolute atomic E-state index is 12.0. The van der Waals surface area contributed by atoms with Gasteiger partial charge in [0.25, 0.3) is 5.91 Å². The van der Waals surface area contributed by atoms with Gasteiger partial charge >= 0.3 is 0 Å². The molecule has 0 radical (unpaired) electrons. The molecule has 20 heavy (non-hydrogen) atoms. The number of rotatable bonds is 3. The molecular formula is C15H14N2O2S. The normalized spacial score (nSPS) is 18.6. The summed E-state index contributed by atoms with van der Waals surface area (Å²) in [6.07, 6.45) is 1.97. The molecule has 1 amide bonds. The zero-order chi connectivity index (χ0) is 13.9. The van der Waals surface area contributed by atoms with Crippen LogP contribution in [0.3, 0.4) is 0 Å². The molecule has 1 aromatic carbocycles. The summed E-state index contributed by atoms with van der Waals surface area (Å²) < 4.78 is 0. The van der Waals surface area contributed by atoms with E-state index in [4.69, 9.17) is 0 Å². The van der Waals surface area contributed by atoms with E-state index in [1.165, 1.54) is 6.20 Å². The lowest BCUT2D eigenvalue weighted by Gasteiger charge is -2.28. The van der Waals surface area contributed by atoms with Crippen LogP contribution >= 0.6 is 11.3 Å². The minimum absolute atomic E-state index is 0.339. The van der Waals surface area contributed by atoms with Crippen LogP contribution in [0.25, 0.3) is 5.70 Å². The fourth-order valence-corrected chi connectivity index (χ4v) is 2.89. The van der Waals surface area contributed by atoms with Gasteiger partial charge in [0, 0.05) is 6.42 Å². The molecular weight excluding hydrogens is 272 g/mol. The number of benzene rings is 1. The number of carbonyl (C=O) groups excluding carboxylic acids is 1. The van der Waals surface area contributed by atoms with Crippen LogP contribution in [0.5, 0.6) is 0 Å². The zero-order valence-electron chi connectivity index (χ0n) is 10.7. The molecule has 0 spiro atoms. The monoisotopic (exact) mass is 286 g/mol. The van der Waals surface area contributed by atoms with Crippen LogP contribution in [-0.4, -0.2) is 22.2 Å². The second kappa shape index (κ2) is 5.48. The Kier molecular flexibility index (Phi) is 3.54. The van der Waals surface area contributed by atoms with E-state index < -0.39 is 6.04 Å². The van der Waals surface area contributed by atoms with Crippen molar-refractivity contribution in [2.24, 2.45) is 0 Å². The predicted octanol–water partition coefficient (Wildman–Crippen LogP) is 2.48. The molecule has 2 aromatic rings. The van der Waals surface area contributed by atoms with E-state index in [1.54, 1.807) is 11.3 Å². The first-order chi connectivity index (χ1) is 9.74. The molecule has 0 aliphatic carbocycles. The van der Waals surface area contributed by atoms with Crippen LogP contribution in [0.4, 0.5) is 0 Å². The van der Waals surface area contributed by atoms with E-state index >= 15 is 0 Å². The highest BCUT2D eigenvalue weighted by Crippen LogP contribution is 2.22. The molecule has 0 bridgehead atoms. The Morgan fingerprint density at radius 3 is 2.70 bits per heavy atom. The minimum Gasteiger partial charge on any atom is -0.371 e. The van der Waals surface area contributed by atoms with E-state index in [0.717, 1.165) is 16.1 Å². The van der Waals surface area contributed by atoms with Crippen LogP contribution < -0.4 is 5.32 Å². The average molecular weight is 286 g/mol. The number of thiophene rings is 1. The third-order valence-electron chi connectivity index (χ3n) is 3.17. The number of nitrogens with one attached hydrogen (secondary N) is 1. The molecule has 1 atom stereocenters. The van der Waals surface area contributed by atoms with E-state index in [9.17, 15) is 10.0 Å². The van der Waals surface area contributed by atoms with Crippen molar-refractivity contribution in [2.75, 3.05) is 0 Å². The maximum atomic E-state index is 12.0. The lowest BCUT2D eigenvalue weighted by molar-refractivity contribution is -0.157. The van der Waals surface area contributed by atoms with E-state index in [1.807, 2.05) is 47.8 Å². The van der Waals surface area contributed by atoms with Gasteiger partial charge in [-0.25, -0.2) is 0 Å². The molecule has 1 unspecified atom stereocenters. The summed E-state index contributed by atoms with van der Waals surface area (Å²) in [4.78, 5) is 13.0. The van der Waals surface area contributed by atoms with Crippen molar-refractivity contribution >= 4 is 22.9 Å². The quantitative estimate of drug-likeness (QED) is 0.852. The molecule has 5 heteroatoms. The Labute approximate surface area is 120 Å². The number of nitrogens with zero attached hydrogens (tertiary/aromatic N) is 1. The van der Waals surface area contributed by atoms with Gasteiger partial charge in [0.15, 0.2) is 0 Å². The zero-order valence-corrected chi connectivity index (χ0v) is 11.5. The molecule has 1 aliphatic rings. The van der Waals surface area contributed by atoms with Crippen molar-refractivity contribution in [2.45, 2.75) is 12.5 Å². The van der Waals surface area contributed by atoms with Crippen molar-refractivity contribution < 1.29 is 10.0 Å². The van der Waals surface area contributed by atoms with E-state index in [0.29, 0.717) is 11.5 Å². The summed E-state index contributed by atoms with van der Waals surface area (Å²) in [6.45, 7) is 0. The highest BCUT2D eigenvalue weighted by Gasteiger charge is 2.28. The first-order valence-electron chi connectivity index (χ1n) is 6.32. The fraction of sp³-hybridized carbons (Fsp3) is 0.133. The topological polar surface area (TPSA) is 52.6 Å². The van der Waals surface area contributed by atoms with Gasteiger partial charge in [-0.2, -0.15) is 5.06 Å². The van der Waals surface area contributed by atoms with Crippen molar-refractivity contribution in [3.63, 3.8) is 0 Å². The van der Waals surface area contributed by atoms with Crippen LogP contribution in [0.2, 0.25) is 0 Å². The van der Waals surface area contributed by atoms with E-state index in [2.05, 4.69) is 5.32 Å². The van der Waals surface area contributed by atoms with Crippen LogP contribution in [0.15, 0.2) is 54.0 Å². The van der Waals surface area contributed by atoms with Crippen molar-refractivity contribution in [1.82, 2.24) is 10.4 Å². The molecule has 4 nitrogen and oxygen atoms in total. The van der Waals surface area contributed by atoms with Gasteiger partial charge in [0.2, 0.25) is 0 Å². The molecule has 1 aliphatic heterocycles. The SMILES string of the molecule is O=C1C(Cc2ccccc2)NC(c2cccs2)=CN1O. The molecule has 1 aromatic heterocycles. The second-order valence-corrected chi connectivity index (χ2v) is 5.54. The summed E-state index contributed by atoms with van der Waals surface area (Å²) >= 11 is 1.56. The number of amides is 1. The van der Waals surface area contributed by atoms with Crippen molar-refractivity contribution in [3.8, 4) is 0 Å². The maximum Gasteiger partial charge on any atom is 0.272 e. The number of hydroxylamine groups is 2. The van der Waals surface area contributed by atoms with Gasteiger partial charge in [0.1, 0.15) is 6.04 Å². The average Bonchev–Trinajstić information content (AvgIpc) is 2.99. The van der Waals surface area contributed by atoms with Gasteiger partial charge in [-0.3, -0.25) is 10.0 Å². The first-order valence-corrected chi connectivity index (χ1v) is 7.20. The minimum atomic E-state index is -0.454.